The van der Waals surface area contributed by atoms with Gasteiger partial charge < -0.3 is 0 Å². The molecule has 0 unspecified atom stereocenters. The Balaban J connectivity index is 7.56. The summed E-state index contributed by atoms with van der Waals surface area (Å²) < 4.78 is 236. The molecule has 21 heteroatoms. The van der Waals surface area contributed by atoms with Crippen molar-refractivity contribution < 1.29 is 87.6 Å². The monoisotopic (exact) mass is 500 g/mol. The molecule has 0 aromatic rings. The summed E-state index contributed by atoms with van der Waals surface area (Å²) >= 11 is 0. The quantitative estimate of drug-likeness (QED) is 0.435. The highest BCUT2D eigenvalue weighted by atomic mass is 32.2. The Morgan fingerprint density at radius 3 is 0.828 bits per heavy atom. The van der Waals surface area contributed by atoms with Crippen LogP contribution in [0.3, 0.4) is 0 Å². The maximum Gasteiger partial charge on any atom is 0.460 e. The van der Waals surface area contributed by atoms with Crippen LogP contribution in [0.1, 0.15) is 0 Å². The van der Waals surface area contributed by atoms with Crippen molar-refractivity contribution in [3.63, 3.8) is 0 Å². The predicted molar refractivity (Wildman–Crippen MR) is 52.2 cm³/mol. The van der Waals surface area contributed by atoms with E-state index in [2.05, 4.69) is 0 Å². The second-order valence-corrected chi connectivity index (χ2v) is 6.51. The molecule has 0 rings (SSSR count). The van der Waals surface area contributed by atoms with Crippen LogP contribution in [0.2, 0.25) is 0 Å². The lowest BCUT2D eigenvalue weighted by Gasteiger charge is -2.45. The molecule has 176 valence electrons. The molecule has 1 N–H and O–H groups in total. The van der Waals surface area contributed by atoms with Crippen molar-refractivity contribution in [2.24, 2.45) is 0 Å². The lowest BCUT2D eigenvalue weighted by Crippen LogP contribution is -2.80. The molecule has 0 aliphatic rings. The fourth-order valence-corrected chi connectivity index (χ4v) is 2.80. The third kappa shape index (κ3) is 3.26. The molecule has 0 amide bonds. The molecular weight excluding hydrogens is 499 g/mol. The van der Waals surface area contributed by atoms with Gasteiger partial charge in [-0.3, -0.25) is 4.55 Å². The van der Waals surface area contributed by atoms with Gasteiger partial charge in [0, 0.05) is 0 Å². The second-order valence-electron chi connectivity index (χ2n) is 4.95. The van der Waals surface area contributed by atoms with Gasteiger partial charge in [-0.2, -0.15) is 83.1 Å². The lowest BCUT2D eigenvalue weighted by molar-refractivity contribution is -0.443. The Kier molecular flexibility index (Phi) is 6.08. The highest BCUT2D eigenvalue weighted by Crippen LogP contribution is 2.66. The van der Waals surface area contributed by atoms with Crippen LogP contribution in [0, 0.1) is 0 Å². The Hall–Kier alpha value is -1.28. The Morgan fingerprint density at radius 2 is 0.655 bits per heavy atom. The topological polar surface area (TPSA) is 54.4 Å². The van der Waals surface area contributed by atoms with Crippen molar-refractivity contribution in [3.8, 4) is 0 Å². The lowest BCUT2D eigenvalue weighted by atomic mass is 9.87. The maximum absolute atomic E-state index is 13.5. The van der Waals surface area contributed by atoms with Gasteiger partial charge in [-0.25, -0.2) is 0 Å². The van der Waals surface area contributed by atoms with Gasteiger partial charge in [0.2, 0.25) is 0 Å². The standard InChI is InChI=1S/C8HF17O3S/c9-2(10,1(6(17,18)19,7(20,21)22)29(26,27)28)3(11,12)4(13,14)5(15,16)8(23,24)25/h(H,26,27,28). The summed E-state index contributed by atoms with van der Waals surface area (Å²) in [5.74, 6) is -35.3. The van der Waals surface area contributed by atoms with E-state index in [1.54, 1.807) is 0 Å². The summed E-state index contributed by atoms with van der Waals surface area (Å²) in [6.07, 6.45) is -24.8. The zero-order valence-electron chi connectivity index (χ0n) is 12.1. The number of hydrogen-bond donors (Lipinski definition) is 1. The van der Waals surface area contributed by atoms with E-state index in [0.29, 0.717) is 0 Å². The van der Waals surface area contributed by atoms with E-state index in [1.807, 2.05) is 0 Å². The van der Waals surface area contributed by atoms with Crippen molar-refractivity contribution >= 4 is 10.1 Å². The van der Waals surface area contributed by atoms with Gasteiger partial charge in [0.1, 0.15) is 0 Å². The van der Waals surface area contributed by atoms with Crippen LogP contribution in [0.5, 0.6) is 0 Å². The van der Waals surface area contributed by atoms with Crippen LogP contribution >= 0.6 is 0 Å². The first kappa shape index (κ1) is 27.7. The molecule has 0 heterocycles. The Bertz CT molecular complexity index is 709. The van der Waals surface area contributed by atoms with E-state index in [0.717, 1.165) is 0 Å². The largest absolute Gasteiger partial charge is 0.460 e. The summed E-state index contributed by atoms with van der Waals surface area (Å²) in [6, 6.07) is 0. The minimum absolute atomic E-state index is 7.95. The van der Waals surface area contributed by atoms with Crippen molar-refractivity contribution in [1.82, 2.24) is 0 Å². The van der Waals surface area contributed by atoms with E-state index in [1.165, 1.54) is 0 Å². The SMILES string of the molecule is O=S(=O)(O)C(C(F)(F)F)(C(F)(F)F)C(F)(F)C(F)(F)C(F)(F)C(F)(F)C(F)(F)F. The fraction of sp³-hybridized carbons (Fsp3) is 1.00. The first-order chi connectivity index (χ1) is 12.0. The number of hydrogen-bond acceptors (Lipinski definition) is 2. The Labute approximate surface area is 146 Å². The maximum atomic E-state index is 13.5. The van der Waals surface area contributed by atoms with Gasteiger partial charge in [0.25, 0.3) is 10.1 Å². The molecule has 0 radical (unpaired) electrons. The molecule has 0 atom stereocenters. The molecule has 0 fully saturated rings. The predicted octanol–water partition coefficient (Wildman–Crippen LogP) is 4.84. The smallest absolute Gasteiger partial charge is 0.284 e. The summed E-state index contributed by atoms with van der Waals surface area (Å²) in [4.78, 5) is 0. The summed E-state index contributed by atoms with van der Waals surface area (Å²) in [5.41, 5.74) is 0. The van der Waals surface area contributed by atoms with Crippen LogP contribution in [-0.4, -0.2) is 59.9 Å². The normalized spacial score (nSPS) is 16.9. The number of halogens is 17. The minimum Gasteiger partial charge on any atom is -0.284 e. The third-order valence-corrected chi connectivity index (χ3v) is 4.66. The Morgan fingerprint density at radius 1 is 0.414 bits per heavy atom. The molecule has 0 aromatic heterocycles. The van der Waals surface area contributed by atoms with Crippen LogP contribution in [0.4, 0.5) is 74.6 Å². The molecule has 0 saturated carbocycles. The van der Waals surface area contributed by atoms with Crippen molar-refractivity contribution in [2.75, 3.05) is 0 Å². The molecule has 0 saturated heterocycles. The molecule has 3 nitrogen and oxygen atoms in total. The highest BCUT2D eigenvalue weighted by Gasteiger charge is 3.00. The van der Waals surface area contributed by atoms with Gasteiger partial charge in [0.05, 0.1) is 0 Å². The van der Waals surface area contributed by atoms with Gasteiger partial charge in [-0.15, -0.1) is 0 Å². The third-order valence-electron chi connectivity index (χ3n) is 3.17. The number of rotatable bonds is 5. The molecule has 29 heavy (non-hydrogen) atoms. The summed E-state index contributed by atoms with van der Waals surface area (Å²) in [6.45, 7) is 0. The van der Waals surface area contributed by atoms with Gasteiger partial charge in [0.15, 0.2) is 0 Å². The van der Waals surface area contributed by atoms with E-state index >= 15 is 0 Å². The van der Waals surface area contributed by atoms with E-state index in [9.17, 15) is 83.1 Å². The van der Waals surface area contributed by atoms with E-state index in [-0.39, 0.29) is 0 Å². The molecule has 0 aromatic carbocycles. The number of alkyl halides is 17. The van der Waals surface area contributed by atoms with E-state index in [4.69, 9.17) is 4.55 Å². The molecular formula is C8HF17O3S. The minimum atomic E-state index is -9.08. The van der Waals surface area contributed by atoms with Crippen molar-refractivity contribution in [2.45, 2.75) is 47.0 Å². The first-order valence-electron chi connectivity index (χ1n) is 5.68. The van der Waals surface area contributed by atoms with Gasteiger partial charge in [-0.1, -0.05) is 0 Å². The van der Waals surface area contributed by atoms with Gasteiger partial charge in [-0.05, 0) is 0 Å². The molecule has 0 aliphatic carbocycles. The van der Waals surface area contributed by atoms with Crippen LogP contribution in [0.15, 0.2) is 0 Å². The summed E-state index contributed by atoms with van der Waals surface area (Å²) in [5, 5.41) is 0. The second kappa shape index (κ2) is 6.36. The molecule has 0 bridgehead atoms. The highest BCUT2D eigenvalue weighted by molar-refractivity contribution is 7.87. The average Bonchev–Trinajstić information content (AvgIpc) is 2.30. The van der Waals surface area contributed by atoms with Gasteiger partial charge >= 0.3 is 47.0 Å². The average molecular weight is 500 g/mol. The molecule has 0 aliphatic heterocycles. The summed E-state index contributed by atoms with van der Waals surface area (Å²) in [7, 11) is -8.76. The van der Waals surface area contributed by atoms with Crippen molar-refractivity contribution in [3.05, 3.63) is 0 Å². The van der Waals surface area contributed by atoms with Crippen LogP contribution < -0.4 is 0 Å². The molecule has 0 spiro atoms. The van der Waals surface area contributed by atoms with Crippen LogP contribution in [0.25, 0.3) is 0 Å². The fourth-order valence-electron chi connectivity index (χ4n) is 1.76. The zero-order valence-corrected chi connectivity index (χ0v) is 12.9. The van der Waals surface area contributed by atoms with Crippen molar-refractivity contribution in [1.29, 1.82) is 0 Å². The van der Waals surface area contributed by atoms with Crippen LogP contribution in [-0.2, 0) is 10.1 Å². The zero-order chi connectivity index (χ0) is 24.5. The first-order valence-corrected chi connectivity index (χ1v) is 7.12. The van der Waals surface area contributed by atoms with E-state index < -0.39 is 57.1 Å².